The average molecular weight is 199 g/mol. The van der Waals surface area contributed by atoms with Gasteiger partial charge >= 0.3 is 0 Å². The molecule has 2 heteroatoms. The van der Waals surface area contributed by atoms with E-state index in [0.29, 0.717) is 6.04 Å². The van der Waals surface area contributed by atoms with Crippen molar-refractivity contribution in [2.45, 2.75) is 52.0 Å². The first kappa shape index (κ1) is 12.0. The summed E-state index contributed by atoms with van der Waals surface area (Å²) in [7, 11) is 0. The van der Waals surface area contributed by atoms with Crippen molar-refractivity contribution in [1.29, 1.82) is 0 Å². The van der Waals surface area contributed by atoms with Gasteiger partial charge in [-0.15, -0.1) is 0 Å². The summed E-state index contributed by atoms with van der Waals surface area (Å²) in [6, 6.07) is 0.557. The van der Waals surface area contributed by atoms with Crippen LogP contribution in [-0.2, 0) is 4.74 Å². The first-order chi connectivity index (χ1) is 6.86. The van der Waals surface area contributed by atoms with E-state index in [1.54, 1.807) is 0 Å². The van der Waals surface area contributed by atoms with Crippen molar-refractivity contribution >= 4 is 0 Å². The molecule has 1 aliphatic rings. The molecule has 84 valence electrons. The lowest BCUT2D eigenvalue weighted by atomic mass is 9.83. The van der Waals surface area contributed by atoms with E-state index < -0.39 is 0 Å². The topological polar surface area (TPSA) is 21.3 Å². The Morgan fingerprint density at radius 1 is 1.36 bits per heavy atom. The lowest BCUT2D eigenvalue weighted by molar-refractivity contribution is 0.0883. The summed E-state index contributed by atoms with van der Waals surface area (Å²) < 4.78 is 5.68. The second kappa shape index (κ2) is 7.24. The molecule has 0 heterocycles. The van der Waals surface area contributed by atoms with Gasteiger partial charge in [0.1, 0.15) is 0 Å². The van der Waals surface area contributed by atoms with E-state index in [2.05, 4.69) is 19.2 Å². The van der Waals surface area contributed by atoms with Crippen LogP contribution in [0, 0.1) is 5.92 Å². The zero-order valence-electron chi connectivity index (χ0n) is 9.72. The molecule has 1 saturated carbocycles. The third kappa shape index (κ3) is 4.43. The molecule has 0 aromatic heterocycles. The minimum atomic E-state index is 0.557. The molecule has 2 nitrogen and oxygen atoms in total. The average Bonchev–Trinajstić information content (AvgIpc) is 2.13. The van der Waals surface area contributed by atoms with E-state index in [1.807, 2.05) is 0 Å². The first-order valence-corrected chi connectivity index (χ1v) is 6.18. The molecule has 1 atom stereocenters. The Kier molecular flexibility index (Phi) is 6.20. The molecule has 14 heavy (non-hydrogen) atoms. The zero-order valence-corrected chi connectivity index (χ0v) is 9.72. The molecule has 1 rings (SSSR count). The van der Waals surface area contributed by atoms with E-state index in [-0.39, 0.29) is 0 Å². The van der Waals surface area contributed by atoms with Gasteiger partial charge in [-0.1, -0.05) is 33.1 Å². The molecule has 0 saturated heterocycles. The van der Waals surface area contributed by atoms with Crippen molar-refractivity contribution in [3.05, 3.63) is 0 Å². The summed E-state index contributed by atoms with van der Waals surface area (Å²) in [5, 5.41) is 3.42. The molecule has 1 N–H and O–H groups in total. The van der Waals surface area contributed by atoms with Crippen molar-refractivity contribution in [2.75, 3.05) is 19.8 Å². The van der Waals surface area contributed by atoms with Gasteiger partial charge in [-0.25, -0.2) is 0 Å². The van der Waals surface area contributed by atoms with Crippen molar-refractivity contribution < 1.29 is 4.74 Å². The SMILES string of the molecule is CCNC(CC)COCCC1CCC1. The highest BCUT2D eigenvalue weighted by molar-refractivity contribution is 4.69. The number of hydrogen-bond acceptors (Lipinski definition) is 2. The maximum absolute atomic E-state index is 5.68. The van der Waals surface area contributed by atoms with E-state index in [1.165, 1.54) is 25.7 Å². The monoisotopic (exact) mass is 199 g/mol. The van der Waals surface area contributed by atoms with Crippen LogP contribution in [0.25, 0.3) is 0 Å². The van der Waals surface area contributed by atoms with Crippen molar-refractivity contribution in [3.8, 4) is 0 Å². The Hall–Kier alpha value is -0.0800. The maximum atomic E-state index is 5.68. The van der Waals surface area contributed by atoms with Crippen LogP contribution in [0.15, 0.2) is 0 Å². The standard InChI is InChI=1S/C12H25NO/c1-3-12(13-4-2)10-14-9-8-11-6-5-7-11/h11-13H,3-10H2,1-2H3. The van der Waals surface area contributed by atoms with Gasteiger partial charge in [-0.2, -0.15) is 0 Å². The predicted molar refractivity (Wildman–Crippen MR) is 60.5 cm³/mol. The van der Waals surface area contributed by atoms with E-state index in [4.69, 9.17) is 4.74 Å². The highest BCUT2D eigenvalue weighted by Crippen LogP contribution is 2.29. The zero-order chi connectivity index (χ0) is 10.2. The van der Waals surface area contributed by atoms with Gasteiger partial charge in [0.25, 0.3) is 0 Å². The van der Waals surface area contributed by atoms with E-state index in [0.717, 1.165) is 32.1 Å². The summed E-state index contributed by atoms with van der Waals surface area (Å²) in [6.45, 7) is 7.26. The molecule has 1 unspecified atom stereocenters. The van der Waals surface area contributed by atoms with Gasteiger partial charge in [0.05, 0.1) is 6.61 Å². The first-order valence-electron chi connectivity index (χ1n) is 6.18. The number of likely N-dealkylation sites (N-methyl/N-ethyl adjacent to an activating group) is 1. The fourth-order valence-electron chi connectivity index (χ4n) is 1.87. The lowest BCUT2D eigenvalue weighted by Gasteiger charge is -2.25. The summed E-state index contributed by atoms with van der Waals surface area (Å²) in [5.74, 6) is 0.981. The summed E-state index contributed by atoms with van der Waals surface area (Å²) >= 11 is 0. The Labute approximate surface area is 88.4 Å². The molecule has 0 aromatic rings. The molecule has 0 amide bonds. The lowest BCUT2D eigenvalue weighted by Crippen LogP contribution is -2.33. The third-order valence-corrected chi connectivity index (χ3v) is 3.20. The van der Waals surface area contributed by atoms with Crippen LogP contribution in [-0.4, -0.2) is 25.8 Å². The molecule has 0 radical (unpaired) electrons. The predicted octanol–water partition coefficient (Wildman–Crippen LogP) is 2.58. The van der Waals surface area contributed by atoms with Crippen LogP contribution < -0.4 is 5.32 Å². The van der Waals surface area contributed by atoms with Gasteiger partial charge < -0.3 is 10.1 Å². The second-order valence-corrected chi connectivity index (χ2v) is 4.32. The Bertz CT molecular complexity index is 134. The smallest absolute Gasteiger partial charge is 0.0619 e. The molecule has 1 fully saturated rings. The summed E-state index contributed by atoms with van der Waals surface area (Å²) in [5.41, 5.74) is 0. The molecule has 1 aliphatic carbocycles. The maximum Gasteiger partial charge on any atom is 0.0619 e. The Balaban J connectivity index is 1.89. The Morgan fingerprint density at radius 2 is 2.14 bits per heavy atom. The van der Waals surface area contributed by atoms with Crippen molar-refractivity contribution in [3.63, 3.8) is 0 Å². The molecule has 0 spiro atoms. The summed E-state index contributed by atoms with van der Waals surface area (Å²) in [4.78, 5) is 0. The minimum absolute atomic E-state index is 0.557. The third-order valence-electron chi connectivity index (χ3n) is 3.20. The normalized spacial score (nSPS) is 19.3. The molecular weight excluding hydrogens is 174 g/mol. The van der Waals surface area contributed by atoms with Gasteiger partial charge in [-0.3, -0.25) is 0 Å². The van der Waals surface area contributed by atoms with Crippen molar-refractivity contribution in [1.82, 2.24) is 5.32 Å². The largest absolute Gasteiger partial charge is 0.380 e. The number of hydrogen-bond donors (Lipinski definition) is 1. The van der Waals surface area contributed by atoms with Gasteiger partial charge in [-0.05, 0) is 25.3 Å². The highest BCUT2D eigenvalue weighted by atomic mass is 16.5. The molecule has 0 aromatic carbocycles. The van der Waals surface area contributed by atoms with Crippen LogP contribution in [0.3, 0.4) is 0 Å². The molecular formula is C12H25NO. The van der Waals surface area contributed by atoms with Gasteiger partial charge in [0.2, 0.25) is 0 Å². The second-order valence-electron chi connectivity index (χ2n) is 4.32. The fraction of sp³-hybridized carbons (Fsp3) is 1.00. The van der Waals surface area contributed by atoms with Gasteiger partial charge in [0.15, 0.2) is 0 Å². The number of nitrogens with one attached hydrogen (secondary N) is 1. The van der Waals surface area contributed by atoms with Crippen LogP contribution in [0.1, 0.15) is 46.0 Å². The quantitative estimate of drug-likeness (QED) is 0.607. The molecule has 0 aliphatic heterocycles. The fourth-order valence-corrected chi connectivity index (χ4v) is 1.87. The molecule has 0 bridgehead atoms. The van der Waals surface area contributed by atoms with E-state index in [9.17, 15) is 0 Å². The van der Waals surface area contributed by atoms with Crippen LogP contribution >= 0.6 is 0 Å². The van der Waals surface area contributed by atoms with Crippen LogP contribution in [0.4, 0.5) is 0 Å². The van der Waals surface area contributed by atoms with Crippen LogP contribution in [0.2, 0.25) is 0 Å². The minimum Gasteiger partial charge on any atom is -0.380 e. The highest BCUT2D eigenvalue weighted by Gasteiger charge is 2.16. The summed E-state index contributed by atoms with van der Waals surface area (Å²) in [6.07, 6.45) is 6.76. The number of rotatable bonds is 8. The number of ether oxygens (including phenoxy) is 1. The van der Waals surface area contributed by atoms with Gasteiger partial charge in [0, 0.05) is 12.6 Å². The Morgan fingerprint density at radius 3 is 2.64 bits per heavy atom. The van der Waals surface area contributed by atoms with E-state index >= 15 is 0 Å². The van der Waals surface area contributed by atoms with Crippen molar-refractivity contribution in [2.24, 2.45) is 5.92 Å². The van der Waals surface area contributed by atoms with Crippen LogP contribution in [0.5, 0.6) is 0 Å².